The van der Waals surface area contributed by atoms with E-state index in [1.807, 2.05) is 23.6 Å². The Morgan fingerprint density at radius 1 is 1.48 bits per heavy atom. The van der Waals surface area contributed by atoms with Crippen LogP contribution in [0.3, 0.4) is 0 Å². The fourth-order valence-corrected chi connectivity index (χ4v) is 3.07. The van der Waals surface area contributed by atoms with Gasteiger partial charge >= 0.3 is 0 Å². The Bertz CT molecular complexity index is 752. The lowest BCUT2D eigenvalue weighted by Gasteiger charge is -2.22. The van der Waals surface area contributed by atoms with E-state index in [4.69, 9.17) is 9.47 Å². The van der Waals surface area contributed by atoms with Gasteiger partial charge in [0, 0.05) is 29.6 Å². The summed E-state index contributed by atoms with van der Waals surface area (Å²) in [5.41, 5.74) is 3.10. The summed E-state index contributed by atoms with van der Waals surface area (Å²) in [7, 11) is 0. The molecule has 120 valence electrons. The minimum atomic E-state index is -0.125. The maximum atomic E-state index is 11.1. The molecular weight excluding hydrogens is 292 g/mol. The second-order valence-corrected chi connectivity index (χ2v) is 5.79. The number of nitriles is 1. The SMILES string of the molecule is Cc1c(C=O)ccc2c1cc(C#N)n2CCOC1CCCCO1. The van der Waals surface area contributed by atoms with Gasteiger partial charge in [0.05, 0.1) is 6.61 Å². The number of carbonyl (C=O) groups excluding carboxylic acids is 1. The maximum Gasteiger partial charge on any atom is 0.157 e. The lowest BCUT2D eigenvalue weighted by Crippen LogP contribution is -2.24. The van der Waals surface area contributed by atoms with Crippen LogP contribution in [0.4, 0.5) is 0 Å². The summed E-state index contributed by atoms with van der Waals surface area (Å²) in [5, 5.41) is 10.3. The molecule has 1 saturated heterocycles. The van der Waals surface area contributed by atoms with Crippen LogP contribution >= 0.6 is 0 Å². The minimum Gasteiger partial charge on any atom is -0.353 e. The third kappa shape index (κ3) is 3.14. The third-order valence-electron chi connectivity index (χ3n) is 4.39. The highest BCUT2D eigenvalue weighted by molar-refractivity contribution is 5.92. The van der Waals surface area contributed by atoms with Crippen molar-refractivity contribution in [2.24, 2.45) is 0 Å². The highest BCUT2D eigenvalue weighted by atomic mass is 16.7. The van der Waals surface area contributed by atoms with Crippen molar-refractivity contribution < 1.29 is 14.3 Å². The molecule has 23 heavy (non-hydrogen) atoms. The number of benzene rings is 1. The van der Waals surface area contributed by atoms with Crippen molar-refractivity contribution in [1.29, 1.82) is 5.26 Å². The minimum absolute atomic E-state index is 0.125. The first-order valence-corrected chi connectivity index (χ1v) is 7.96. The molecule has 2 heterocycles. The Labute approximate surface area is 135 Å². The predicted octanol–water partition coefficient (Wildman–Crippen LogP) is 3.18. The van der Waals surface area contributed by atoms with Crippen LogP contribution in [-0.2, 0) is 16.0 Å². The highest BCUT2D eigenvalue weighted by Gasteiger charge is 2.15. The summed E-state index contributed by atoms with van der Waals surface area (Å²) < 4.78 is 13.3. The number of hydrogen-bond donors (Lipinski definition) is 0. The summed E-state index contributed by atoms with van der Waals surface area (Å²) >= 11 is 0. The van der Waals surface area contributed by atoms with Crippen molar-refractivity contribution in [3.63, 3.8) is 0 Å². The van der Waals surface area contributed by atoms with E-state index < -0.39 is 0 Å². The van der Waals surface area contributed by atoms with Crippen molar-refractivity contribution in [3.05, 3.63) is 35.0 Å². The third-order valence-corrected chi connectivity index (χ3v) is 4.39. The Morgan fingerprint density at radius 2 is 2.35 bits per heavy atom. The molecule has 1 aliphatic rings. The molecule has 0 saturated carbocycles. The van der Waals surface area contributed by atoms with E-state index >= 15 is 0 Å². The molecule has 5 heteroatoms. The molecule has 1 aliphatic heterocycles. The number of rotatable bonds is 5. The van der Waals surface area contributed by atoms with Gasteiger partial charge in [0.15, 0.2) is 6.29 Å². The van der Waals surface area contributed by atoms with Crippen LogP contribution in [0.2, 0.25) is 0 Å². The van der Waals surface area contributed by atoms with Crippen molar-refractivity contribution in [2.75, 3.05) is 13.2 Å². The zero-order valence-corrected chi connectivity index (χ0v) is 13.2. The number of ether oxygens (including phenoxy) is 2. The van der Waals surface area contributed by atoms with Crippen LogP contribution in [0.5, 0.6) is 0 Å². The van der Waals surface area contributed by atoms with Gasteiger partial charge in [-0.05, 0) is 49.9 Å². The molecule has 1 aromatic heterocycles. The molecule has 0 spiro atoms. The van der Waals surface area contributed by atoms with Crippen molar-refractivity contribution in [2.45, 2.75) is 39.0 Å². The zero-order chi connectivity index (χ0) is 16.2. The smallest absolute Gasteiger partial charge is 0.157 e. The van der Waals surface area contributed by atoms with Gasteiger partial charge in [-0.1, -0.05) is 0 Å². The first-order chi connectivity index (χ1) is 11.2. The van der Waals surface area contributed by atoms with Gasteiger partial charge in [0.25, 0.3) is 0 Å². The number of fused-ring (bicyclic) bond motifs is 1. The zero-order valence-electron chi connectivity index (χ0n) is 13.2. The number of aryl methyl sites for hydroxylation is 1. The van der Waals surface area contributed by atoms with Gasteiger partial charge in [0.1, 0.15) is 18.0 Å². The van der Waals surface area contributed by atoms with E-state index in [0.29, 0.717) is 24.4 Å². The largest absolute Gasteiger partial charge is 0.353 e. The van der Waals surface area contributed by atoms with Gasteiger partial charge in [-0.2, -0.15) is 5.26 Å². The van der Waals surface area contributed by atoms with E-state index in [0.717, 1.165) is 48.6 Å². The average Bonchev–Trinajstić information content (AvgIpc) is 2.95. The van der Waals surface area contributed by atoms with Crippen LogP contribution < -0.4 is 0 Å². The monoisotopic (exact) mass is 312 g/mol. The topological polar surface area (TPSA) is 64.2 Å². The van der Waals surface area contributed by atoms with Crippen LogP contribution in [0.25, 0.3) is 10.9 Å². The fourth-order valence-electron chi connectivity index (χ4n) is 3.07. The molecule has 1 fully saturated rings. The number of hydrogen-bond acceptors (Lipinski definition) is 4. The molecule has 0 radical (unpaired) electrons. The molecule has 0 bridgehead atoms. The quantitative estimate of drug-likeness (QED) is 0.795. The van der Waals surface area contributed by atoms with Gasteiger partial charge in [-0.25, -0.2) is 0 Å². The number of nitrogens with zero attached hydrogens (tertiary/aromatic N) is 2. The van der Waals surface area contributed by atoms with E-state index in [1.165, 1.54) is 0 Å². The summed E-state index contributed by atoms with van der Waals surface area (Å²) in [5.74, 6) is 0. The molecule has 0 aliphatic carbocycles. The molecule has 1 atom stereocenters. The summed E-state index contributed by atoms with van der Waals surface area (Å²) in [6.07, 6.45) is 3.88. The second kappa shape index (κ2) is 6.95. The number of aromatic nitrogens is 1. The molecule has 0 amide bonds. The Kier molecular flexibility index (Phi) is 4.75. The van der Waals surface area contributed by atoms with Gasteiger partial charge < -0.3 is 14.0 Å². The van der Waals surface area contributed by atoms with E-state index in [1.54, 1.807) is 6.07 Å². The summed E-state index contributed by atoms with van der Waals surface area (Å²) in [4.78, 5) is 11.1. The molecular formula is C18H20N2O3. The van der Waals surface area contributed by atoms with Crippen molar-refractivity contribution in [1.82, 2.24) is 4.57 Å². The van der Waals surface area contributed by atoms with Crippen molar-refractivity contribution in [3.8, 4) is 6.07 Å². The molecule has 2 aromatic rings. The predicted molar refractivity (Wildman–Crippen MR) is 86.3 cm³/mol. The van der Waals surface area contributed by atoms with Crippen LogP contribution in [0.15, 0.2) is 18.2 Å². The standard InChI is InChI=1S/C18H20N2O3/c1-13-14(12-21)5-6-17-16(13)10-15(11-19)20(17)7-9-23-18-4-2-3-8-22-18/h5-6,10,12,18H,2-4,7-9H2,1H3. The molecule has 1 unspecified atom stereocenters. The summed E-state index contributed by atoms with van der Waals surface area (Å²) in [6, 6.07) is 7.76. The lowest BCUT2D eigenvalue weighted by atomic mass is 10.1. The van der Waals surface area contributed by atoms with Crippen LogP contribution in [0, 0.1) is 18.3 Å². The molecule has 3 rings (SSSR count). The molecule has 5 nitrogen and oxygen atoms in total. The maximum absolute atomic E-state index is 11.1. The fraction of sp³-hybridized carbons (Fsp3) is 0.444. The Morgan fingerprint density at radius 3 is 3.04 bits per heavy atom. The highest BCUT2D eigenvalue weighted by Crippen LogP contribution is 2.25. The van der Waals surface area contributed by atoms with Gasteiger partial charge in [-0.3, -0.25) is 4.79 Å². The second-order valence-electron chi connectivity index (χ2n) is 5.79. The number of aldehydes is 1. The van der Waals surface area contributed by atoms with Crippen LogP contribution in [0.1, 0.15) is 40.9 Å². The van der Waals surface area contributed by atoms with E-state index in [9.17, 15) is 10.1 Å². The van der Waals surface area contributed by atoms with E-state index in [2.05, 4.69) is 6.07 Å². The normalized spacial score (nSPS) is 18.0. The molecule has 0 N–H and O–H groups in total. The average molecular weight is 312 g/mol. The Hall–Kier alpha value is -2.16. The first kappa shape index (κ1) is 15.7. The van der Waals surface area contributed by atoms with Crippen LogP contribution in [-0.4, -0.2) is 30.4 Å². The van der Waals surface area contributed by atoms with Gasteiger partial charge in [-0.15, -0.1) is 0 Å². The molecule has 1 aromatic carbocycles. The first-order valence-electron chi connectivity index (χ1n) is 7.96. The number of carbonyl (C=O) groups is 1. The summed E-state index contributed by atoms with van der Waals surface area (Å²) in [6.45, 7) is 3.75. The van der Waals surface area contributed by atoms with Crippen molar-refractivity contribution >= 4 is 17.2 Å². The Balaban J connectivity index is 1.80. The van der Waals surface area contributed by atoms with Gasteiger partial charge in [0.2, 0.25) is 0 Å². The van der Waals surface area contributed by atoms with E-state index in [-0.39, 0.29) is 6.29 Å². The lowest BCUT2D eigenvalue weighted by molar-refractivity contribution is -0.163.